The molecule has 0 saturated carbocycles. The summed E-state index contributed by atoms with van der Waals surface area (Å²) in [5, 5.41) is 7.96. The van der Waals surface area contributed by atoms with Crippen LogP contribution in [0.2, 0.25) is 0 Å². The Morgan fingerprint density at radius 3 is 2.83 bits per heavy atom. The number of pyridine rings is 1. The predicted octanol–water partition coefficient (Wildman–Crippen LogP) is 1.99. The molecule has 2 heterocycles. The summed E-state index contributed by atoms with van der Waals surface area (Å²) in [5.74, 6) is 0.000298. The molecule has 1 aliphatic heterocycles. The van der Waals surface area contributed by atoms with Crippen LogP contribution in [-0.2, 0) is 4.79 Å². The Hall–Kier alpha value is -2.08. The lowest BCUT2D eigenvalue weighted by Crippen LogP contribution is -2.30. The van der Waals surface area contributed by atoms with Gasteiger partial charge in [0.05, 0.1) is 0 Å². The molecule has 1 amide bonds. The molecule has 1 aromatic heterocycles. The van der Waals surface area contributed by atoms with Crippen LogP contribution < -0.4 is 5.73 Å². The van der Waals surface area contributed by atoms with Crippen molar-refractivity contribution in [3.8, 4) is 0 Å². The number of piperidine rings is 1. The zero-order valence-corrected chi connectivity index (χ0v) is 13.5. The van der Waals surface area contributed by atoms with E-state index < -0.39 is 0 Å². The van der Waals surface area contributed by atoms with E-state index in [0.717, 1.165) is 26.1 Å². The van der Waals surface area contributed by atoms with E-state index >= 15 is 0 Å². The number of carbonyl (C=O) groups excluding carboxylic acids is 1. The van der Waals surface area contributed by atoms with Crippen molar-refractivity contribution < 1.29 is 4.79 Å². The van der Waals surface area contributed by atoms with Gasteiger partial charge in [-0.1, -0.05) is 12.5 Å². The minimum absolute atomic E-state index is 0.170. The Morgan fingerprint density at radius 1 is 1.35 bits per heavy atom. The van der Waals surface area contributed by atoms with Crippen LogP contribution in [0.4, 0.5) is 0 Å². The molecule has 23 heavy (non-hydrogen) atoms. The molecule has 1 saturated heterocycles. The van der Waals surface area contributed by atoms with Crippen molar-refractivity contribution in [3.63, 3.8) is 0 Å². The molecule has 0 radical (unpaired) electrons. The second kappa shape index (κ2) is 9.15. The highest BCUT2D eigenvalue weighted by atomic mass is 16.1. The number of rotatable bonds is 7. The van der Waals surface area contributed by atoms with Crippen LogP contribution in [0.25, 0.3) is 0 Å². The number of hydrogen-bond donors (Lipinski definition) is 2. The summed E-state index contributed by atoms with van der Waals surface area (Å²) in [5.41, 5.74) is 6.80. The van der Waals surface area contributed by atoms with Crippen LogP contribution in [0.15, 0.2) is 29.5 Å². The monoisotopic (exact) mass is 315 g/mol. The summed E-state index contributed by atoms with van der Waals surface area (Å²) in [7, 11) is 0. The third-order valence-corrected chi connectivity index (χ3v) is 3.95. The normalized spacial score (nSPS) is 16.3. The zero-order valence-electron chi connectivity index (χ0n) is 13.5. The number of carbonyl (C=O) groups is 1. The van der Waals surface area contributed by atoms with E-state index in [1.54, 1.807) is 24.5 Å². The Balaban J connectivity index is 1.71. The van der Waals surface area contributed by atoms with Gasteiger partial charge in [0.15, 0.2) is 0 Å². The van der Waals surface area contributed by atoms with Gasteiger partial charge in [0.25, 0.3) is 0 Å². The molecule has 1 fully saturated rings. The second-order valence-corrected chi connectivity index (χ2v) is 5.90. The first kappa shape index (κ1) is 17.3. The van der Waals surface area contributed by atoms with Crippen LogP contribution in [0, 0.1) is 5.41 Å². The van der Waals surface area contributed by atoms with Gasteiger partial charge in [0.1, 0.15) is 5.84 Å². The van der Waals surface area contributed by atoms with E-state index in [2.05, 4.69) is 14.9 Å². The third kappa shape index (κ3) is 6.28. The van der Waals surface area contributed by atoms with E-state index in [9.17, 15) is 4.79 Å². The summed E-state index contributed by atoms with van der Waals surface area (Å²) in [6.45, 7) is 3.23. The van der Waals surface area contributed by atoms with Crippen LogP contribution in [-0.4, -0.2) is 47.0 Å². The maximum atomic E-state index is 11.8. The van der Waals surface area contributed by atoms with Crippen molar-refractivity contribution >= 4 is 17.5 Å². The highest BCUT2D eigenvalue weighted by Crippen LogP contribution is 2.09. The van der Waals surface area contributed by atoms with E-state index in [0.29, 0.717) is 17.7 Å². The molecular formula is C17H25N5O. The van der Waals surface area contributed by atoms with E-state index in [1.165, 1.54) is 19.3 Å². The molecule has 1 aromatic rings. The van der Waals surface area contributed by atoms with Crippen molar-refractivity contribution in [2.75, 3.05) is 19.6 Å². The topological polar surface area (TPSA) is 95.4 Å². The SMILES string of the molecule is N=C(CC(N)=NC(=O)CCCN1CCCCC1)c1cccnc1. The summed E-state index contributed by atoms with van der Waals surface area (Å²) in [4.78, 5) is 22.1. The van der Waals surface area contributed by atoms with Gasteiger partial charge in [-0.15, -0.1) is 0 Å². The molecule has 0 aliphatic carbocycles. The fourth-order valence-corrected chi connectivity index (χ4v) is 2.72. The molecule has 2 rings (SSSR count). The summed E-state index contributed by atoms with van der Waals surface area (Å²) in [6, 6.07) is 3.56. The molecule has 0 aromatic carbocycles. The quantitative estimate of drug-likeness (QED) is 0.594. The molecule has 6 nitrogen and oxygen atoms in total. The van der Waals surface area contributed by atoms with E-state index in [-0.39, 0.29) is 18.2 Å². The van der Waals surface area contributed by atoms with Gasteiger partial charge in [0, 0.05) is 36.5 Å². The van der Waals surface area contributed by atoms with Crippen LogP contribution in [0.5, 0.6) is 0 Å². The smallest absolute Gasteiger partial charge is 0.247 e. The first-order chi connectivity index (χ1) is 11.1. The van der Waals surface area contributed by atoms with E-state index in [1.807, 2.05) is 0 Å². The number of amidine groups is 1. The van der Waals surface area contributed by atoms with Crippen molar-refractivity contribution in [1.82, 2.24) is 9.88 Å². The number of nitrogens with zero attached hydrogens (tertiary/aromatic N) is 3. The molecule has 1 aliphatic rings. The molecular weight excluding hydrogens is 290 g/mol. The standard InChI is InChI=1S/C17H25N5O/c18-15(14-6-4-8-20-13-14)12-16(19)21-17(23)7-5-11-22-9-2-1-3-10-22/h4,6,8,13,18H,1-3,5,7,9-12H2,(H2,19,21,23). The molecule has 6 heteroatoms. The predicted molar refractivity (Wildman–Crippen MR) is 91.8 cm³/mol. The molecule has 0 bridgehead atoms. The number of amides is 1. The minimum atomic E-state index is -0.196. The van der Waals surface area contributed by atoms with Crippen molar-refractivity contribution in [2.45, 2.75) is 38.5 Å². The van der Waals surface area contributed by atoms with Crippen molar-refractivity contribution in [3.05, 3.63) is 30.1 Å². The van der Waals surface area contributed by atoms with Gasteiger partial charge in [0.2, 0.25) is 5.91 Å². The number of aromatic nitrogens is 1. The Labute approximate surface area is 137 Å². The molecule has 0 spiro atoms. The number of nitrogens with two attached hydrogens (primary N) is 1. The Bertz CT molecular complexity index is 549. The van der Waals surface area contributed by atoms with Crippen molar-refractivity contribution in [1.29, 1.82) is 5.41 Å². The summed E-state index contributed by atoms with van der Waals surface area (Å²) < 4.78 is 0. The minimum Gasteiger partial charge on any atom is -0.387 e. The van der Waals surface area contributed by atoms with Gasteiger partial charge in [-0.05, 0) is 45.0 Å². The second-order valence-electron chi connectivity index (χ2n) is 5.90. The van der Waals surface area contributed by atoms with Crippen LogP contribution >= 0.6 is 0 Å². The highest BCUT2D eigenvalue weighted by molar-refractivity contribution is 6.11. The molecule has 0 atom stereocenters. The Kier molecular flexibility index (Phi) is 6.87. The lowest BCUT2D eigenvalue weighted by Gasteiger charge is -2.25. The third-order valence-electron chi connectivity index (χ3n) is 3.95. The maximum Gasteiger partial charge on any atom is 0.247 e. The molecule has 3 N–H and O–H groups in total. The van der Waals surface area contributed by atoms with Gasteiger partial charge in [-0.3, -0.25) is 9.78 Å². The van der Waals surface area contributed by atoms with Gasteiger partial charge in [-0.25, -0.2) is 4.99 Å². The van der Waals surface area contributed by atoms with Crippen LogP contribution in [0.1, 0.15) is 44.1 Å². The van der Waals surface area contributed by atoms with E-state index in [4.69, 9.17) is 11.1 Å². The molecule has 0 unspecified atom stereocenters. The lowest BCUT2D eigenvalue weighted by atomic mass is 10.1. The average Bonchev–Trinajstić information content (AvgIpc) is 2.56. The van der Waals surface area contributed by atoms with Gasteiger partial charge < -0.3 is 16.0 Å². The first-order valence-corrected chi connectivity index (χ1v) is 8.21. The zero-order chi connectivity index (χ0) is 16.5. The first-order valence-electron chi connectivity index (χ1n) is 8.21. The average molecular weight is 315 g/mol. The molecule has 124 valence electrons. The lowest BCUT2D eigenvalue weighted by molar-refractivity contribution is -0.117. The number of hydrogen-bond acceptors (Lipinski definition) is 4. The van der Waals surface area contributed by atoms with Gasteiger partial charge >= 0.3 is 0 Å². The number of likely N-dealkylation sites (tertiary alicyclic amines) is 1. The highest BCUT2D eigenvalue weighted by Gasteiger charge is 2.11. The van der Waals surface area contributed by atoms with Gasteiger partial charge in [-0.2, -0.15) is 0 Å². The fraction of sp³-hybridized carbons (Fsp3) is 0.529. The van der Waals surface area contributed by atoms with Crippen LogP contribution in [0.3, 0.4) is 0 Å². The van der Waals surface area contributed by atoms with Crippen molar-refractivity contribution in [2.24, 2.45) is 10.7 Å². The number of nitrogens with one attached hydrogen (secondary N) is 1. The number of aliphatic imine (C=N–C) groups is 1. The Morgan fingerprint density at radius 2 is 2.13 bits per heavy atom. The summed E-state index contributed by atoms with van der Waals surface area (Å²) in [6.07, 6.45) is 8.50. The fourth-order valence-electron chi connectivity index (χ4n) is 2.72. The largest absolute Gasteiger partial charge is 0.387 e. The summed E-state index contributed by atoms with van der Waals surface area (Å²) >= 11 is 0. The maximum absolute atomic E-state index is 11.8.